The standard InChI is InChI=1S/C18H22N4O2/c1-21-16-5-9-22(18(24)13-10-14(23)11-13)8-4-15(16)17(20-21)12-2-6-19-7-3-12/h2-3,6-7,13-14,23H,4-5,8-11H2,1H3. The zero-order valence-electron chi connectivity index (χ0n) is 13.9. The molecule has 6 heteroatoms. The molecule has 1 saturated carbocycles. The molecule has 1 aliphatic carbocycles. The Kier molecular flexibility index (Phi) is 3.84. The van der Waals surface area contributed by atoms with Gasteiger partial charge in [-0.1, -0.05) is 0 Å². The third kappa shape index (κ3) is 2.60. The molecule has 2 aliphatic rings. The van der Waals surface area contributed by atoms with Gasteiger partial charge in [0, 0.05) is 61.7 Å². The van der Waals surface area contributed by atoms with Gasteiger partial charge in [-0.15, -0.1) is 0 Å². The Morgan fingerprint density at radius 3 is 2.62 bits per heavy atom. The number of amides is 1. The largest absolute Gasteiger partial charge is 0.393 e. The molecule has 4 rings (SSSR count). The van der Waals surface area contributed by atoms with Crippen LogP contribution in [-0.2, 0) is 24.7 Å². The SMILES string of the molecule is Cn1nc(-c2ccncc2)c2c1CCN(C(=O)C1CC(O)C1)CC2. The van der Waals surface area contributed by atoms with Gasteiger partial charge in [0.05, 0.1) is 11.8 Å². The van der Waals surface area contributed by atoms with Gasteiger partial charge in [-0.05, 0) is 31.4 Å². The highest BCUT2D eigenvalue weighted by atomic mass is 16.3. The third-order valence-electron chi connectivity index (χ3n) is 5.25. The maximum atomic E-state index is 12.6. The third-order valence-corrected chi connectivity index (χ3v) is 5.25. The number of fused-ring (bicyclic) bond motifs is 1. The molecule has 2 aromatic rings. The van der Waals surface area contributed by atoms with Crippen LogP contribution in [0, 0.1) is 5.92 Å². The van der Waals surface area contributed by atoms with E-state index in [2.05, 4.69) is 4.98 Å². The van der Waals surface area contributed by atoms with E-state index < -0.39 is 0 Å². The number of aromatic nitrogens is 3. The summed E-state index contributed by atoms with van der Waals surface area (Å²) in [5, 5.41) is 14.1. The molecule has 6 nitrogen and oxygen atoms in total. The molecular formula is C18H22N4O2. The maximum absolute atomic E-state index is 12.6. The van der Waals surface area contributed by atoms with Crippen LogP contribution in [0.25, 0.3) is 11.3 Å². The molecule has 0 atom stereocenters. The van der Waals surface area contributed by atoms with Gasteiger partial charge in [0.2, 0.25) is 5.91 Å². The topological polar surface area (TPSA) is 71.2 Å². The highest BCUT2D eigenvalue weighted by Gasteiger charge is 2.36. The van der Waals surface area contributed by atoms with E-state index in [4.69, 9.17) is 5.10 Å². The summed E-state index contributed by atoms with van der Waals surface area (Å²) in [6.45, 7) is 1.45. The molecule has 1 amide bonds. The molecular weight excluding hydrogens is 304 g/mol. The number of aryl methyl sites for hydroxylation is 1. The van der Waals surface area contributed by atoms with Crippen molar-refractivity contribution >= 4 is 5.91 Å². The van der Waals surface area contributed by atoms with Crippen molar-refractivity contribution in [3.63, 3.8) is 0 Å². The van der Waals surface area contributed by atoms with Crippen molar-refractivity contribution in [2.24, 2.45) is 13.0 Å². The van der Waals surface area contributed by atoms with Crippen LogP contribution in [0.5, 0.6) is 0 Å². The molecule has 0 saturated heterocycles. The van der Waals surface area contributed by atoms with Crippen molar-refractivity contribution in [2.45, 2.75) is 31.8 Å². The van der Waals surface area contributed by atoms with Crippen LogP contribution in [0.3, 0.4) is 0 Å². The lowest BCUT2D eigenvalue weighted by Gasteiger charge is -2.34. The second-order valence-corrected chi connectivity index (χ2v) is 6.78. The molecule has 0 radical (unpaired) electrons. The van der Waals surface area contributed by atoms with Crippen molar-refractivity contribution in [3.05, 3.63) is 35.8 Å². The fourth-order valence-electron chi connectivity index (χ4n) is 3.79. The van der Waals surface area contributed by atoms with E-state index in [0.717, 1.165) is 37.2 Å². The van der Waals surface area contributed by atoms with Crippen molar-refractivity contribution in [1.82, 2.24) is 19.7 Å². The molecule has 2 aromatic heterocycles. The van der Waals surface area contributed by atoms with E-state index in [1.807, 2.05) is 28.8 Å². The Hall–Kier alpha value is -2.21. The summed E-state index contributed by atoms with van der Waals surface area (Å²) in [4.78, 5) is 18.6. The van der Waals surface area contributed by atoms with Crippen molar-refractivity contribution in [1.29, 1.82) is 0 Å². The monoisotopic (exact) mass is 326 g/mol. The van der Waals surface area contributed by atoms with Crippen LogP contribution < -0.4 is 0 Å². The van der Waals surface area contributed by atoms with Gasteiger partial charge in [-0.25, -0.2) is 0 Å². The van der Waals surface area contributed by atoms with Gasteiger partial charge in [-0.2, -0.15) is 5.10 Å². The van der Waals surface area contributed by atoms with E-state index in [-0.39, 0.29) is 17.9 Å². The minimum absolute atomic E-state index is 0.0130. The summed E-state index contributed by atoms with van der Waals surface area (Å²) >= 11 is 0. The Morgan fingerprint density at radius 2 is 1.92 bits per heavy atom. The number of pyridine rings is 1. The van der Waals surface area contributed by atoms with Crippen molar-refractivity contribution in [2.75, 3.05) is 13.1 Å². The number of carbonyl (C=O) groups is 1. The van der Waals surface area contributed by atoms with Crippen LogP contribution in [0.15, 0.2) is 24.5 Å². The second-order valence-electron chi connectivity index (χ2n) is 6.78. The average molecular weight is 326 g/mol. The lowest BCUT2D eigenvalue weighted by molar-refractivity contribution is -0.142. The number of aliphatic hydroxyl groups is 1. The Balaban J connectivity index is 1.56. The van der Waals surface area contributed by atoms with Gasteiger partial charge in [0.15, 0.2) is 0 Å². The van der Waals surface area contributed by atoms with E-state index in [1.165, 1.54) is 11.3 Å². The predicted octanol–water partition coefficient (Wildman–Crippen LogP) is 1.18. The molecule has 1 aliphatic heterocycles. The molecule has 3 heterocycles. The first kappa shape index (κ1) is 15.3. The first-order valence-corrected chi connectivity index (χ1v) is 8.55. The van der Waals surface area contributed by atoms with Crippen LogP contribution in [0.1, 0.15) is 24.1 Å². The first-order valence-electron chi connectivity index (χ1n) is 8.55. The van der Waals surface area contributed by atoms with Gasteiger partial charge in [-0.3, -0.25) is 14.5 Å². The normalized spacial score (nSPS) is 23.3. The Morgan fingerprint density at radius 1 is 1.21 bits per heavy atom. The average Bonchev–Trinajstić information content (AvgIpc) is 2.75. The van der Waals surface area contributed by atoms with Crippen LogP contribution in [0.2, 0.25) is 0 Å². The summed E-state index contributed by atoms with van der Waals surface area (Å²) in [5.41, 5.74) is 4.53. The number of rotatable bonds is 2. The van der Waals surface area contributed by atoms with E-state index in [1.54, 1.807) is 12.4 Å². The summed E-state index contributed by atoms with van der Waals surface area (Å²) in [6.07, 6.45) is 6.16. The van der Waals surface area contributed by atoms with Crippen LogP contribution in [0.4, 0.5) is 0 Å². The van der Waals surface area contributed by atoms with Gasteiger partial charge < -0.3 is 10.0 Å². The molecule has 0 unspecified atom stereocenters. The Labute approximate surface area is 141 Å². The summed E-state index contributed by atoms with van der Waals surface area (Å²) in [5.74, 6) is 0.213. The van der Waals surface area contributed by atoms with E-state index in [9.17, 15) is 9.90 Å². The van der Waals surface area contributed by atoms with Gasteiger partial charge in [0.25, 0.3) is 0 Å². The second kappa shape index (κ2) is 6.02. The lowest BCUT2D eigenvalue weighted by atomic mass is 9.81. The molecule has 0 bridgehead atoms. The highest BCUT2D eigenvalue weighted by molar-refractivity contribution is 5.80. The number of nitrogens with zero attached hydrogens (tertiary/aromatic N) is 4. The van der Waals surface area contributed by atoms with Crippen LogP contribution in [-0.4, -0.2) is 49.9 Å². The Bertz CT molecular complexity index is 750. The molecule has 1 fully saturated rings. The number of aliphatic hydroxyl groups excluding tert-OH is 1. The minimum atomic E-state index is -0.286. The fraction of sp³-hybridized carbons (Fsp3) is 0.500. The summed E-state index contributed by atoms with van der Waals surface area (Å²) < 4.78 is 1.95. The zero-order valence-corrected chi connectivity index (χ0v) is 13.9. The number of hydrogen-bond donors (Lipinski definition) is 1. The quantitative estimate of drug-likeness (QED) is 0.899. The fourth-order valence-corrected chi connectivity index (χ4v) is 3.79. The molecule has 0 spiro atoms. The molecule has 126 valence electrons. The molecule has 0 aromatic carbocycles. The molecule has 1 N–H and O–H groups in total. The molecule has 24 heavy (non-hydrogen) atoms. The van der Waals surface area contributed by atoms with E-state index >= 15 is 0 Å². The van der Waals surface area contributed by atoms with E-state index in [0.29, 0.717) is 12.8 Å². The first-order chi connectivity index (χ1) is 11.6. The van der Waals surface area contributed by atoms with Crippen LogP contribution >= 0.6 is 0 Å². The maximum Gasteiger partial charge on any atom is 0.225 e. The smallest absolute Gasteiger partial charge is 0.225 e. The summed E-state index contributed by atoms with van der Waals surface area (Å²) in [6, 6.07) is 3.96. The summed E-state index contributed by atoms with van der Waals surface area (Å²) in [7, 11) is 1.98. The van der Waals surface area contributed by atoms with Gasteiger partial charge in [0.1, 0.15) is 0 Å². The van der Waals surface area contributed by atoms with Crippen molar-refractivity contribution in [3.8, 4) is 11.3 Å². The van der Waals surface area contributed by atoms with Gasteiger partial charge >= 0.3 is 0 Å². The lowest BCUT2D eigenvalue weighted by Crippen LogP contribution is -2.44. The number of hydrogen-bond acceptors (Lipinski definition) is 4. The zero-order chi connectivity index (χ0) is 16.7. The minimum Gasteiger partial charge on any atom is -0.393 e. The number of carbonyl (C=O) groups excluding carboxylic acids is 1. The predicted molar refractivity (Wildman–Crippen MR) is 89.2 cm³/mol. The van der Waals surface area contributed by atoms with Crippen molar-refractivity contribution < 1.29 is 9.90 Å². The highest BCUT2D eigenvalue weighted by Crippen LogP contribution is 2.31.